The van der Waals surface area contributed by atoms with E-state index in [0.29, 0.717) is 24.8 Å². The SMILES string of the molecule is O=C(Nc1nc(-c2cccc(C(F)(F)F)c2F)cs1)c1cnc(NC[C@@H]2CCC[C@H]2C(=O)O)c(Cl)c1. The van der Waals surface area contributed by atoms with Crippen LogP contribution in [0.3, 0.4) is 0 Å². The van der Waals surface area contributed by atoms with Crippen LogP contribution in [-0.2, 0) is 11.0 Å². The van der Waals surface area contributed by atoms with E-state index in [9.17, 15) is 32.3 Å². The van der Waals surface area contributed by atoms with E-state index in [2.05, 4.69) is 20.6 Å². The molecule has 0 aliphatic heterocycles. The first-order valence-corrected chi connectivity index (χ1v) is 12.1. The van der Waals surface area contributed by atoms with Gasteiger partial charge in [-0.3, -0.25) is 14.9 Å². The van der Waals surface area contributed by atoms with E-state index in [1.54, 1.807) is 0 Å². The van der Waals surface area contributed by atoms with Gasteiger partial charge < -0.3 is 10.4 Å². The van der Waals surface area contributed by atoms with Gasteiger partial charge >= 0.3 is 12.1 Å². The number of halogens is 5. The first-order valence-electron chi connectivity index (χ1n) is 10.8. The molecule has 0 saturated heterocycles. The van der Waals surface area contributed by atoms with E-state index in [0.717, 1.165) is 30.2 Å². The first kappa shape index (κ1) is 25.8. The van der Waals surface area contributed by atoms with Crippen molar-refractivity contribution in [3.63, 3.8) is 0 Å². The molecule has 2 atom stereocenters. The van der Waals surface area contributed by atoms with Gasteiger partial charge in [0.05, 0.1) is 27.8 Å². The molecule has 36 heavy (non-hydrogen) atoms. The van der Waals surface area contributed by atoms with Crippen molar-refractivity contribution in [2.24, 2.45) is 11.8 Å². The van der Waals surface area contributed by atoms with E-state index in [4.69, 9.17) is 11.6 Å². The third-order valence-electron chi connectivity index (χ3n) is 5.92. The van der Waals surface area contributed by atoms with Crippen LogP contribution in [0, 0.1) is 17.7 Å². The highest BCUT2D eigenvalue weighted by molar-refractivity contribution is 7.14. The number of hydrogen-bond donors (Lipinski definition) is 3. The Labute approximate surface area is 211 Å². The summed E-state index contributed by atoms with van der Waals surface area (Å²) < 4.78 is 53.4. The van der Waals surface area contributed by atoms with Crippen LogP contribution >= 0.6 is 22.9 Å². The highest BCUT2D eigenvalue weighted by Crippen LogP contribution is 2.36. The summed E-state index contributed by atoms with van der Waals surface area (Å²) in [6.07, 6.45) is -1.34. The van der Waals surface area contributed by atoms with Crippen molar-refractivity contribution in [1.29, 1.82) is 0 Å². The topological polar surface area (TPSA) is 104 Å². The molecule has 0 bridgehead atoms. The van der Waals surface area contributed by atoms with E-state index in [1.165, 1.54) is 23.7 Å². The van der Waals surface area contributed by atoms with Gasteiger partial charge in [-0.1, -0.05) is 24.1 Å². The van der Waals surface area contributed by atoms with Crippen LogP contribution in [0.15, 0.2) is 35.8 Å². The number of thiazole rings is 1. The zero-order chi connectivity index (χ0) is 26.0. The van der Waals surface area contributed by atoms with Crippen molar-refractivity contribution in [2.45, 2.75) is 25.4 Å². The monoisotopic (exact) mass is 542 g/mol. The Morgan fingerprint density at radius 3 is 2.72 bits per heavy atom. The molecule has 1 amide bonds. The highest BCUT2D eigenvalue weighted by Gasteiger charge is 2.35. The number of carbonyl (C=O) groups is 2. The lowest BCUT2D eigenvalue weighted by molar-refractivity contribution is -0.143. The van der Waals surface area contributed by atoms with E-state index >= 15 is 0 Å². The van der Waals surface area contributed by atoms with Crippen molar-refractivity contribution in [3.8, 4) is 11.3 Å². The second-order valence-corrected chi connectivity index (χ2v) is 9.49. The molecule has 1 saturated carbocycles. The molecule has 2 heterocycles. The Bertz CT molecular complexity index is 1300. The summed E-state index contributed by atoms with van der Waals surface area (Å²) in [5, 5.41) is 16.4. The highest BCUT2D eigenvalue weighted by atomic mass is 35.5. The number of alkyl halides is 3. The van der Waals surface area contributed by atoms with Gasteiger partial charge in [0.25, 0.3) is 5.91 Å². The Hall–Kier alpha value is -3.25. The molecule has 0 unspecified atom stereocenters. The van der Waals surface area contributed by atoms with Gasteiger partial charge in [-0.25, -0.2) is 14.4 Å². The van der Waals surface area contributed by atoms with Crippen LogP contribution in [0.4, 0.5) is 28.5 Å². The number of rotatable bonds is 7. The summed E-state index contributed by atoms with van der Waals surface area (Å²) in [6, 6.07) is 4.26. The average Bonchev–Trinajstić information content (AvgIpc) is 3.47. The lowest BCUT2D eigenvalue weighted by atomic mass is 9.96. The van der Waals surface area contributed by atoms with Crippen LogP contribution in [0.5, 0.6) is 0 Å². The summed E-state index contributed by atoms with van der Waals surface area (Å²) >= 11 is 7.16. The van der Waals surface area contributed by atoms with Crippen molar-refractivity contribution < 1.29 is 32.3 Å². The number of nitrogens with one attached hydrogen (secondary N) is 2. The normalized spacial score (nSPS) is 17.7. The van der Waals surface area contributed by atoms with E-state index < -0.39 is 35.4 Å². The Kier molecular flexibility index (Phi) is 7.46. The van der Waals surface area contributed by atoms with Gasteiger partial charge in [0.1, 0.15) is 11.6 Å². The number of pyridine rings is 1. The Balaban J connectivity index is 1.42. The maximum absolute atomic E-state index is 14.4. The summed E-state index contributed by atoms with van der Waals surface area (Å²) in [5.74, 6) is -3.06. The maximum atomic E-state index is 14.4. The smallest absolute Gasteiger partial charge is 0.419 e. The number of benzene rings is 1. The average molecular weight is 543 g/mol. The molecule has 1 aliphatic carbocycles. The van der Waals surface area contributed by atoms with Crippen LogP contribution < -0.4 is 10.6 Å². The first-order chi connectivity index (χ1) is 17.0. The minimum Gasteiger partial charge on any atom is -0.481 e. The number of carboxylic acid groups (broad SMARTS) is 1. The molecule has 7 nitrogen and oxygen atoms in total. The van der Waals surface area contributed by atoms with Crippen molar-refractivity contribution >= 4 is 45.8 Å². The minimum absolute atomic E-state index is 0.0473. The predicted octanol–water partition coefficient (Wildman–Crippen LogP) is 6.18. The zero-order valence-corrected chi connectivity index (χ0v) is 20.0. The molecule has 3 aromatic rings. The van der Waals surface area contributed by atoms with Crippen LogP contribution in [0.1, 0.15) is 35.2 Å². The number of nitrogens with zero attached hydrogens (tertiary/aromatic N) is 2. The molecule has 3 N–H and O–H groups in total. The quantitative estimate of drug-likeness (QED) is 0.308. The zero-order valence-electron chi connectivity index (χ0n) is 18.4. The van der Waals surface area contributed by atoms with Crippen molar-refractivity contribution in [1.82, 2.24) is 9.97 Å². The number of carbonyl (C=O) groups excluding carboxylic acids is 1. The molecule has 4 rings (SSSR count). The fourth-order valence-corrected chi connectivity index (χ4v) is 5.04. The largest absolute Gasteiger partial charge is 0.481 e. The third-order valence-corrected chi connectivity index (χ3v) is 6.96. The molecule has 13 heteroatoms. The van der Waals surface area contributed by atoms with Gasteiger partial charge in [-0.05, 0) is 37.0 Å². The van der Waals surface area contributed by atoms with Crippen molar-refractivity contribution in [3.05, 3.63) is 57.8 Å². The molecule has 190 valence electrons. The summed E-state index contributed by atoms with van der Waals surface area (Å²) in [6.45, 7) is 0.378. The summed E-state index contributed by atoms with van der Waals surface area (Å²) in [7, 11) is 0. The fourth-order valence-electron chi connectivity index (χ4n) is 4.10. The molecule has 2 aromatic heterocycles. The van der Waals surface area contributed by atoms with Crippen LogP contribution in [0.25, 0.3) is 11.3 Å². The second kappa shape index (κ2) is 10.4. The lowest BCUT2D eigenvalue weighted by Gasteiger charge is -2.17. The summed E-state index contributed by atoms with van der Waals surface area (Å²) in [4.78, 5) is 32.1. The van der Waals surface area contributed by atoms with Crippen LogP contribution in [0.2, 0.25) is 5.02 Å². The Morgan fingerprint density at radius 1 is 1.25 bits per heavy atom. The Morgan fingerprint density at radius 2 is 2.03 bits per heavy atom. The number of hydrogen-bond acceptors (Lipinski definition) is 6. The van der Waals surface area contributed by atoms with Crippen molar-refractivity contribution in [2.75, 3.05) is 17.2 Å². The van der Waals surface area contributed by atoms with Crippen LogP contribution in [-0.4, -0.2) is 33.5 Å². The number of aromatic nitrogens is 2. The lowest BCUT2D eigenvalue weighted by Crippen LogP contribution is -2.24. The molecular formula is C23H19ClF4N4O3S. The number of anilines is 2. The number of amides is 1. The van der Waals surface area contributed by atoms with Gasteiger partial charge in [0, 0.05) is 23.7 Å². The van der Waals surface area contributed by atoms with Gasteiger partial charge in [-0.15, -0.1) is 11.3 Å². The molecule has 1 aromatic carbocycles. The van der Waals surface area contributed by atoms with E-state index in [1.807, 2.05) is 0 Å². The number of carboxylic acids is 1. The minimum atomic E-state index is -4.85. The standard InChI is InChI=1S/C23H19ClF4N4O3S/c24-16-7-12(9-30-19(16)29-8-11-3-1-4-13(11)21(34)35)20(33)32-22-31-17(10-36-22)14-5-2-6-15(18(14)25)23(26,27)28/h2,5-7,9-11,13H,1,3-4,8H2,(H,29,30)(H,34,35)(H,31,32,33)/t11-,13+/m0/s1. The molecular weight excluding hydrogens is 524 g/mol. The van der Waals surface area contributed by atoms with Gasteiger partial charge in [0.2, 0.25) is 0 Å². The summed E-state index contributed by atoms with van der Waals surface area (Å²) in [5.41, 5.74) is -1.70. The molecule has 0 radical (unpaired) electrons. The maximum Gasteiger partial charge on any atom is 0.419 e. The molecule has 1 fully saturated rings. The van der Waals surface area contributed by atoms with Gasteiger partial charge in [-0.2, -0.15) is 13.2 Å². The van der Waals surface area contributed by atoms with Gasteiger partial charge in [0.15, 0.2) is 5.13 Å². The number of aliphatic carboxylic acids is 1. The predicted molar refractivity (Wildman–Crippen MR) is 127 cm³/mol. The molecule has 0 spiro atoms. The second-order valence-electron chi connectivity index (χ2n) is 8.23. The molecule has 1 aliphatic rings. The van der Waals surface area contributed by atoms with E-state index in [-0.39, 0.29) is 32.9 Å². The third kappa shape index (κ3) is 5.59. The fraction of sp³-hybridized carbons (Fsp3) is 0.304.